The van der Waals surface area contributed by atoms with Gasteiger partial charge in [0.1, 0.15) is 12.4 Å². The first-order valence-corrected chi connectivity index (χ1v) is 14.0. The molecule has 200 valence electrons. The van der Waals surface area contributed by atoms with Crippen molar-refractivity contribution in [2.24, 2.45) is 14.1 Å². The summed E-state index contributed by atoms with van der Waals surface area (Å²) in [6.45, 7) is 6.52. The summed E-state index contributed by atoms with van der Waals surface area (Å²) in [6, 6.07) is 24.1. The molecule has 0 fully saturated rings. The molecule has 3 aromatic carbocycles. The number of aromatic nitrogens is 4. The van der Waals surface area contributed by atoms with Crippen LogP contribution in [0.1, 0.15) is 32.9 Å². The van der Waals surface area contributed by atoms with Gasteiger partial charge in [-0.1, -0.05) is 61.7 Å². The minimum atomic E-state index is 0.516. The third kappa shape index (κ3) is 7.13. The lowest BCUT2D eigenvalue weighted by Gasteiger charge is -2.12. The molecule has 8 heteroatoms. The number of ether oxygens (including phenoxy) is 1. The summed E-state index contributed by atoms with van der Waals surface area (Å²) in [6.07, 6.45) is 0.864. The van der Waals surface area contributed by atoms with Crippen LogP contribution in [0.15, 0.2) is 81.7 Å². The molecular weight excluding hydrogens is 620 g/mol. The molecule has 0 bridgehead atoms. The molecule has 0 amide bonds. The van der Waals surface area contributed by atoms with Crippen LogP contribution in [-0.2, 0) is 20.7 Å². The maximum Gasteiger partial charge on any atom is 0.150 e. The Morgan fingerprint density at radius 1 is 0.744 bits per heavy atom. The van der Waals surface area contributed by atoms with Crippen molar-refractivity contribution in [3.8, 4) is 28.3 Å². The highest BCUT2D eigenvalue weighted by atomic mass is 79.9. The van der Waals surface area contributed by atoms with Gasteiger partial charge in [0.05, 0.1) is 22.8 Å². The quantitative estimate of drug-likeness (QED) is 0.175. The standard InChI is InChI=1S/C19H19BrN2O.C12H11BrN2O/c1-13-4-7-17(8-5-13)23-12-15-11-16(20)6-9-18(15)19-10-14(2)21-22(19)3;1-8-5-12(15(2)14-8)11-4-3-10(13)6-9(11)7-16/h4-11H,12H2,1-3H3;3-7H,1-2H3. The Kier molecular flexibility index (Phi) is 9.20. The lowest BCUT2D eigenvalue weighted by molar-refractivity contribution is 0.112. The lowest BCUT2D eigenvalue weighted by Crippen LogP contribution is -2.01. The summed E-state index contributed by atoms with van der Waals surface area (Å²) < 4.78 is 11.6. The lowest BCUT2D eigenvalue weighted by atomic mass is 10.0. The summed E-state index contributed by atoms with van der Waals surface area (Å²) in [4.78, 5) is 11.0. The summed E-state index contributed by atoms with van der Waals surface area (Å²) in [5.41, 5.74) is 9.06. The fourth-order valence-corrected chi connectivity index (χ4v) is 5.10. The van der Waals surface area contributed by atoms with Crippen LogP contribution in [0.3, 0.4) is 0 Å². The van der Waals surface area contributed by atoms with Gasteiger partial charge in [-0.2, -0.15) is 10.2 Å². The van der Waals surface area contributed by atoms with Crippen molar-refractivity contribution < 1.29 is 9.53 Å². The largest absolute Gasteiger partial charge is 0.489 e. The third-order valence-electron chi connectivity index (χ3n) is 6.18. The normalized spacial score (nSPS) is 10.6. The molecule has 0 radical (unpaired) electrons. The van der Waals surface area contributed by atoms with E-state index in [4.69, 9.17) is 4.74 Å². The molecule has 6 nitrogen and oxygen atoms in total. The van der Waals surface area contributed by atoms with Crippen molar-refractivity contribution in [1.82, 2.24) is 19.6 Å². The number of hydrogen-bond donors (Lipinski definition) is 0. The molecule has 0 N–H and O–H groups in total. The number of halogens is 2. The van der Waals surface area contributed by atoms with E-state index in [-0.39, 0.29) is 0 Å². The molecule has 5 rings (SSSR count). The van der Waals surface area contributed by atoms with Gasteiger partial charge in [0.25, 0.3) is 0 Å². The summed E-state index contributed by atoms with van der Waals surface area (Å²) in [5, 5.41) is 8.72. The SMILES string of the molecule is Cc1cc(-c2ccc(Br)cc2C=O)n(C)n1.Cc1ccc(OCc2cc(Br)ccc2-c2cc(C)nn2C)cc1. The van der Waals surface area contributed by atoms with E-state index in [1.54, 1.807) is 4.68 Å². The van der Waals surface area contributed by atoms with Crippen LogP contribution in [0.2, 0.25) is 0 Å². The van der Waals surface area contributed by atoms with Crippen LogP contribution in [0.4, 0.5) is 0 Å². The Balaban J connectivity index is 0.000000193. The summed E-state index contributed by atoms with van der Waals surface area (Å²) in [7, 11) is 3.84. The Labute approximate surface area is 245 Å². The number of nitrogens with zero attached hydrogens (tertiary/aromatic N) is 4. The topological polar surface area (TPSA) is 61.9 Å². The third-order valence-corrected chi connectivity index (χ3v) is 7.17. The Morgan fingerprint density at radius 3 is 1.82 bits per heavy atom. The number of benzene rings is 3. The van der Waals surface area contributed by atoms with Gasteiger partial charge in [-0.25, -0.2) is 0 Å². The zero-order valence-electron chi connectivity index (χ0n) is 22.6. The van der Waals surface area contributed by atoms with Gasteiger partial charge in [0, 0.05) is 39.7 Å². The molecule has 0 saturated carbocycles. The van der Waals surface area contributed by atoms with E-state index in [0.717, 1.165) is 60.4 Å². The number of hydrogen-bond acceptors (Lipinski definition) is 4. The van der Waals surface area contributed by atoms with Crippen molar-refractivity contribution in [1.29, 1.82) is 0 Å². The summed E-state index contributed by atoms with van der Waals surface area (Å²) in [5.74, 6) is 0.878. The zero-order valence-corrected chi connectivity index (χ0v) is 25.7. The molecule has 0 aliphatic rings. The van der Waals surface area contributed by atoms with Crippen molar-refractivity contribution in [3.05, 3.63) is 110 Å². The smallest absolute Gasteiger partial charge is 0.150 e. The van der Waals surface area contributed by atoms with Gasteiger partial charge in [0.2, 0.25) is 0 Å². The fraction of sp³-hybridized carbons (Fsp3) is 0.194. The van der Waals surface area contributed by atoms with Gasteiger partial charge < -0.3 is 4.74 Å². The van der Waals surface area contributed by atoms with Crippen LogP contribution in [0.5, 0.6) is 5.75 Å². The maximum atomic E-state index is 11.0. The zero-order chi connectivity index (χ0) is 28.1. The Bertz CT molecular complexity index is 1600. The highest BCUT2D eigenvalue weighted by Crippen LogP contribution is 2.29. The van der Waals surface area contributed by atoms with Crippen molar-refractivity contribution >= 4 is 38.1 Å². The second-order valence-corrected chi connectivity index (χ2v) is 11.2. The van der Waals surface area contributed by atoms with Crippen LogP contribution in [-0.4, -0.2) is 25.8 Å². The molecule has 2 aromatic heterocycles. The average molecular weight is 650 g/mol. The van der Waals surface area contributed by atoms with Crippen LogP contribution in [0, 0.1) is 20.8 Å². The van der Waals surface area contributed by atoms with E-state index < -0.39 is 0 Å². The molecule has 0 saturated heterocycles. The number of carbonyl (C=O) groups is 1. The second kappa shape index (κ2) is 12.6. The highest BCUT2D eigenvalue weighted by molar-refractivity contribution is 9.10. The molecule has 2 heterocycles. The van der Waals surface area contributed by atoms with E-state index in [1.165, 1.54) is 5.56 Å². The van der Waals surface area contributed by atoms with E-state index in [2.05, 4.69) is 79.3 Å². The predicted molar refractivity (Wildman–Crippen MR) is 163 cm³/mol. The number of aldehydes is 1. The predicted octanol–water partition coefficient (Wildman–Crippen LogP) is 8.02. The molecule has 0 aliphatic heterocycles. The minimum absolute atomic E-state index is 0.516. The average Bonchev–Trinajstić information content (AvgIpc) is 3.42. The minimum Gasteiger partial charge on any atom is -0.489 e. The van der Waals surface area contributed by atoms with Crippen molar-refractivity contribution in [2.45, 2.75) is 27.4 Å². The second-order valence-electron chi connectivity index (χ2n) is 9.34. The molecule has 5 aromatic rings. The molecule has 0 unspecified atom stereocenters. The van der Waals surface area contributed by atoms with Gasteiger partial charge in [-0.05, 0) is 74.9 Å². The van der Waals surface area contributed by atoms with Gasteiger partial charge in [-0.3, -0.25) is 14.2 Å². The Morgan fingerprint density at radius 2 is 1.28 bits per heavy atom. The van der Waals surface area contributed by atoms with E-state index in [9.17, 15) is 4.79 Å². The highest BCUT2D eigenvalue weighted by Gasteiger charge is 2.12. The van der Waals surface area contributed by atoms with E-state index >= 15 is 0 Å². The molecule has 39 heavy (non-hydrogen) atoms. The summed E-state index contributed by atoms with van der Waals surface area (Å²) >= 11 is 6.90. The van der Waals surface area contributed by atoms with Crippen LogP contribution >= 0.6 is 31.9 Å². The van der Waals surface area contributed by atoms with Gasteiger partial charge >= 0.3 is 0 Å². The molecule has 0 spiro atoms. The molecular formula is C31H30Br2N4O2. The molecule has 0 aliphatic carbocycles. The van der Waals surface area contributed by atoms with Gasteiger partial charge in [-0.15, -0.1) is 0 Å². The van der Waals surface area contributed by atoms with Crippen LogP contribution < -0.4 is 4.74 Å². The fourth-order valence-electron chi connectivity index (χ4n) is 4.32. The maximum absolute atomic E-state index is 11.0. The monoisotopic (exact) mass is 648 g/mol. The van der Waals surface area contributed by atoms with Crippen LogP contribution in [0.25, 0.3) is 22.5 Å². The van der Waals surface area contributed by atoms with E-state index in [0.29, 0.717) is 12.2 Å². The number of carbonyl (C=O) groups excluding carboxylic acids is 1. The Hall–Kier alpha value is -3.49. The molecule has 0 atom stereocenters. The first kappa shape index (κ1) is 28.5. The van der Waals surface area contributed by atoms with E-state index in [1.807, 2.05) is 75.1 Å². The van der Waals surface area contributed by atoms with Crippen molar-refractivity contribution in [3.63, 3.8) is 0 Å². The number of rotatable bonds is 6. The number of aryl methyl sites for hydroxylation is 5. The first-order valence-electron chi connectivity index (χ1n) is 12.4. The van der Waals surface area contributed by atoms with Gasteiger partial charge in [0.15, 0.2) is 6.29 Å². The first-order chi connectivity index (χ1) is 18.6. The van der Waals surface area contributed by atoms with Crippen molar-refractivity contribution in [2.75, 3.05) is 0 Å².